The Morgan fingerprint density at radius 3 is 2.69 bits per heavy atom. The monoisotopic (exact) mass is 397 g/mol. The van der Waals surface area contributed by atoms with E-state index in [1.807, 2.05) is 6.20 Å². The Kier molecular flexibility index (Phi) is 7.47. The molecule has 1 aromatic heterocycles. The molecule has 7 heteroatoms. The molecule has 0 aliphatic rings. The zero-order chi connectivity index (χ0) is 20.5. The molecule has 0 amide bonds. The van der Waals surface area contributed by atoms with Crippen LogP contribution in [-0.4, -0.2) is 44.8 Å². The van der Waals surface area contributed by atoms with E-state index in [9.17, 15) is 4.39 Å². The first kappa shape index (κ1) is 20.7. The van der Waals surface area contributed by atoms with Crippen molar-refractivity contribution in [2.75, 3.05) is 39.2 Å². The van der Waals surface area contributed by atoms with E-state index in [1.54, 1.807) is 26.3 Å². The summed E-state index contributed by atoms with van der Waals surface area (Å²) in [6.07, 6.45) is 2.70. The third-order valence-electron chi connectivity index (χ3n) is 4.69. The molecule has 0 radical (unpaired) electrons. The molecule has 3 rings (SSSR count). The molecule has 0 saturated carbocycles. The summed E-state index contributed by atoms with van der Waals surface area (Å²) >= 11 is 0. The molecule has 0 aliphatic carbocycles. The Bertz CT molecular complexity index is 936. The van der Waals surface area contributed by atoms with Crippen LogP contribution in [0.1, 0.15) is 11.1 Å². The number of rotatable bonds is 9. The van der Waals surface area contributed by atoms with Crippen LogP contribution in [-0.2, 0) is 17.7 Å². The van der Waals surface area contributed by atoms with Gasteiger partial charge in [0.2, 0.25) is 0 Å². The van der Waals surface area contributed by atoms with Crippen LogP contribution in [0.25, 0.3) is 10.9 Å². The smallest absolute Gasteiger partial charge is 0.191 e. The summed E-state index contributed by atoms with van der Waals surface area (Å²) in [5.74, 6) is 0.516. The van der Waals surface area contributed by atoms with Gasteiger partial charge in [-0.3, -0.25) is 4.99 Å². The maximum atomic E-state index is 13.5. The van der Waals surface area contributed by atoms with Crippen LogP contribution >= 0.6 is 0 Å². The zero-order valence-electron chi connectivity index (χ0n) is 16.9. The number of anilines is 1. The highest BCUT2D eigenvalue weighted by molar-refractivity contribution is 5.83. The van der Waals surface area contributed by atoms with Gasteiger partial charge in [-0.1, -0.05) is 12.1 Å². The van der Waals surface area contributed by atoms with Gasteiger partial charge >= 0.3 is 0 Å². The number of halogens is 1. The average Bonchev–Trinajstić information content (AvgIpc) is 3.13. The normalized spacial score (nSPS) is 11.6. The summed E-state index contributed by atoms with van der Waals surface area (Å²) < 4.78 is 18.5. The van der Waals surface area contributed by atoms with Gasteiger partial charge in [-0.25, -0.2) is 4.39 Å². The second kappa shape index (κ2) is 10.5. The van der Waals surface area contributed by atoms with Crippen LogP contribution in [0.5, 0.6) is 0 Å². The molecule has 29 heavy (non-hydrogen) atoms. The maximum Gasteiger partial charge on any atom is 0.191 e. The predicted octanol–water partition coefficient (Wildman–Crippen LogP) is 3.27. The number of aromatic amines is 1. The number of methoxy groups -OCH3 is 1. The fourth-order valence-electron chi connectivity index (χ4n) is 3.12. The number of H-pyrrole nitrogens is 1. The Morgan fingerprint density at radius 1 is 1.10 bits per heavy atom. The SMILES string of the molecule is CN=C(NCCc1c[nH]c2ccc(F)cc12)NCc1ccc(NCCOC)cc1. The van der Waals surface area contributed by atoms with Crippen molar-refractivity contribution in [3.05, 3.63) is 65.6 Å². The van der Waals surface area contributed by atoms with Crippen molar-refractivity contribution in [3.63, 3.8) is 0 Å². The largest absolute Gasteiger partial charge is 0.383 e. The Morgan fingerprint density at radius 2 is 1.93 bits per heavy atom. The molecule has 0 fully saturated rings. The van der Waals surface area contributed by atoms with Gasteiger partial charge in [-0.2, -0.15) is 0 Å². The van der Waals surface area contributed by atoms with Gasteiger partial charge in [0, 0.05) is 56.6 Å². The molecule has 0 atom stereocenters. The van der Waals surface area contributed by atoms with Gasteiger partial charge in [-0.05, 0) is 47.9 Å². The number of nitrogens with one attached hydrogen (secondary N) is 4. The van der Waals surface area contributed by atoms with Crippen molar-refractivity contribution in [3.8, 4) is 0 Å². The topological polar surface area (TPSA) is 73.5 Å². The van der Waals surface area contributed by atoms with Crippen molar-refractivity contribution in [2.45, 2.75) is 13.0 Å². The number of hydrogen-bond donors (Lipinski definition) is 4. The molecule has 4 N–H and O–H groups in total. The van der Waals surface area contributed by atoms with E-state index in [2.05, 4.69) is 50.2 Å². The number of aromatic nitrogens is 1. The fraction of sp³-hybridized carbons (Fsp3) is 0.318. The minimum Gasteiger partial charge on any atom is -0.383 e. The number of ether oxygens (including phenoxy) is 1. The van der Waals surface area contributed by atoms with Crippen LogP contribution in [0, 0.1) is 5.82 Å². The number of benzene rings is 2. The number of guanidine groups is 1. The van der Waals surface area contributed by atoms with Crippen LogP contribution in [0.2, 0.25) is 0 Å². The fourth-order valence-corrected chi connectivity index (χ4v) is 3.12. The van der Waals surface area contributed by atoms with Crippen molar-refractivity contribution in [1.82, 2.24) is 15.6 Å². The van der Waals surface area contributed by atoms with E-state index in [0.29, 0.717) is 19.7 Å². The molecule has 2 aromatic carbocycles. The number of hydrogen-bond acceptors (Lipinski definition) is 3. The molecule has 0 spiro atoms. The first-order valence-electron chi connectivity index (χ1n) is 9.71. The van der Waals surface area contributed by atoms with E-state index in [4.69, 9.17) is 4.74 Å². The lowest BCUT2D eigenvalue weighted by atomic mass is 10.1. The van der Waals surface area contributed by atoms with Crippen LogP contribution < -0.4 is 16.0 Å². The Hall–Kier alpha value is -3.06. The first-order chi connectivity index (χ1) is 14.2. The minimum atomic E-state index is -0.219. The lowest BCUT2D eigenvalue weighted by Gasteiger charge is -2.12. The average molecular weight is 397 g/mol. The first-order valence-corrected chi connectivity index (χ1v) is 9.71. The zero-order valence-corrected chi connectivity index (χ0v) is 16.9. The minimum absolute atomic E-state index is 0.219. The molecule has 0 aliphatic heterocycles. The van der Waals surface area contributed by atoms with E-state index in [-0.39, 0.29) is 5.82 Å². The summed E-state index contributed by atoms with van der Waals surface area (Å²) in [5.41, 5.74) is 4.27. The van der Waals surface area contributed by atoms with E-state index >= 15 is 0 Å². The van der Waals surface area contributed by atoms with Crippen LogP contribution in [0.4, 0.5) is 10.1 Å². The van der Waals surface area contributed by atoms with Gasteiger partial charge in [0.15, 0.2) is 5.96 Å². The summed E-state index contributed by atoms with van der Waals surface area (Å²) in [5, 5.41) is 10.8. The maximum absolute atomic E-state index is 13.5. The highest BCUT2D eigenvalue weighted by Gasteiger charge is 2.05. The van der Waals surface area contributed by atoms with Gasteiger partial charge < -0.3 is 25.7 Å². The third-order valence-corrected chi connectivity index (χ3v) is 4.69. The molecule has 0 unspecified atom stereocenters. The summed E-state index contributed by atoms with van der Waals surface area (Å²) in [6, 6.07) is 13.1. The van der Waals surface area contributed by atoms with E-state index in [1.165, 1.54) is 6.07 Å². The molecule has 154 valence electrons. The number of aliphatic imine (C=N–C) groups is 1. The molecule has 0 saturated heterocycles. The van der Waals surface area contributed by atoms with Gasteiger partial charge in [-0.15, -0.1) is 0 Å². The van der Waals surface area contributed by atoms with E-state index in [0.717, 1.165) is 46.6 Å². The van der Waals surface area contributed by atoms with Crippen LogP contribution in [0.15, 0.2) is 53.7 Å². The molecule has 6 nitrogen and oxygen atoms in total. The van der Waals surface area contributed by atoms with Crippen molar-refractivity contribution >= 4 is 22.5 Å². The quantitative estimate of drug-likeness (QED) is 0.254. The summed E-state index contributed by atoms with van der Waals surface area (Å²) in [4.78, 5) is 7.45. The van der Waals surface area contributed by atoms with Crippen molar-refractivity contribution < 1.29 is 9.13 Å². The lowest BCUT2D eigenvalue weighted by molar-refractivity contribution is 0.211. The number of fused-ring (bicyclic) bond motifs is 1. The molecule has 1 heterocycles. The van der Waals surface area contributed by atoms with Crippen LogP contribution in [0.3, 0.4) is 0 Å². The highest BCUT2D eigenvalue weighted by Crippen LogP contribution is 2.19. The molecular weight excluding hydrogens is 369 g/mol. The third kappa shape index (κ3) is 5.96. The Balaban J connectivity index is 1.45. The van der Waals surface area contributed by atoms with Crippen molar-refractivity contribution in [1.29, 1.82) is 0 Å². The van der Waals surface area contributed by atoms with Gasteiger partial charge in [0.1, 0.15) is 5.82 Å². The molecular formula is C22H28FN5O. The molecule has 0 bridgehead atoms. The van der Waals surface area contributed by atoms with Gasteiger partial charge in [0.05, 0.1) is 6.61 Å². The summed E-state index contributed by atoms with van der Waals surface area (Å²) in [7, 11) is 3.44. The Labute approximate surface area is 170 Å². The number of nitrogens with zero attached hydrogens (tertiary/aromatic N) is 1. The second-order valence-electron chi connectivity index (χ2n) is 6.72. The lowest BCUT2D eigenvalue weighted by Crippen LogP contribution is -2.37. The molecule has 3 aromatic rings. The highest BCUT2D eigenvalue weighted by atomic mass is 19.1. The van der Waals surface area contributed by atoms with E-state index < -0.39 is 0 Å². The second-order valence-corrected chi connectivity index (χ2v) is 6.72. The van der Waals surface area contributed by atoms with Gasteiger partial charge in [0.25, 0.3) is 0 Å². The predicted molar refractivity (Wildman–Crippen MR) is 117 cm³/mol. The van der Waals surface area contributed by atoms with Crippen molar-refractivity contribution in [2.24, 2.45) is 4.99 Å². The summed E-state index contributed by atoms with van der Waals surface area (Å²) in [6.45, 7) is 2.84. The standard InChI is InChI=1S/C22H28FN5O/c1-24-22(28-14-16-3-6-19(7-4-16)25-11-12-29-2)26-10-9-17-15-27-21-8-5-18(23)13-20(17)21/h3-8,13,15,25,27H,9-12,14H2,1-2H3,(H2,24,26,28).